The Balaban J connectivity index is 0.00000192. The topological polar surface area (TPSA) is 44.8 Å². The van der Waals surface area contributed by atoms with Crippen LogP contribution in [-0.4, -0.2) is 73.7 Å². The zero-order chi connectivity index (χ0) is 15.4. The minimum absolute atomic E-state index is 0. The fourth-order valence-corrected chi connectivity index (χ4v) is 4.11. The van der Waals surface area contributed by atoms with Crippen molar-refractivity contribution in [1.29, 1.82) is 0 Å². The quantitative estimate of drug-likeness (QED) is 0.839. The predicted molar refractivity (Wildman–Crippen MR) is 94.0 cm³/mol. The number of carbonyl (C=O) groups excluding carboxylic acids is 1. The Morgan fingerprint density at radius 1 is 1.13 bits per heavy atom. The van der Waals surface area contributed by atoms with Crippen molar-refractivity contribution < 1.29 is 9.53 Å². The van der Waals surface area contributed by atoms with Crippen molar-refractivity contribution >= 4 is 18.3 Å². The van der Waals surface area contributed by atoms with Gasteiger partial charge in [-0.05, 0) is 25.2 Å². The number of nitrogens with one attached hydrogen (secondary N) is 1. The number of rotatable bonds is 4. The van der Waals surface area contributed by atoms with Gasteiger partial charge in [0.15, 0.2) is 0 Å². The van der Waals surface area contributed by atoms with Gasteiger partial charge in [-0.2, -0.15) is 0 Å². The molecule has 23 heavy (non-hydrogen) atoms. The van der Waals surface area contributed by atoms with Gasteiger partial charge in [0.1, 0.15) is 6.61 Å². The number of hydrogen-bond acceptors (Lipinski definition) is 4. The maximum atomic E-state index is 12.4. The summed E-state index contributed by atoms with van der Waals surface area (Å²) >= 11 is 0. The number of amides is 1. The van der Waals surface area contributed by atoms with E-state index in [2.05, 4.69) is 17.1 Å². The van der Waals surface area contributed by atoms with Crippen molar-refractivity contribution in [3.63, 3.8) is 0 Å². The molecule has 0 bridgehead atoms. The summed E-state index contributed by atoms with van der Waals surface area (Å²) in [6, 6.07) is 0.555. The van der Waals surface area contributed by atoms with Gasteiger partial charge in [0.25, 0.3) is 0 Å². The summed E-state index contributed by atoms with van der Waals surface area (Å²) in [7, 11) is 0. The third kappa shape index (κ3) is 5.05. The average molecular weight is 346 g/mol. The lowest BCUT2D eigenvalue weighted by atomic mass is 9.88. The highest BCUT2D eigenvalue weighted by Gasteiger charge is 2.31. The van der Waals surface area contributed by atoms with Crippen LogP contribution in [0, 0.1) is 5.92 Å². The van der Waals surface area contributed by atoms with E-state index < -0.39 is 0 Å². The molecule has 2 heterocycles. The van der Waals surface area contributed by atoms with Crippen molar-refractivity contribution in [3.8, 4) is 0 Å². The summed E-state index contributed by atoms with van der Waals surface area (Å²) in [5.74, 6) is 0.795. The van der Waals surface area contributed by atoms with E-state index >= 15 is 0 Å². The number of ether oxygens (including phenoxy) is 1. The van der Waals surface area contributed by atoms with E-state index in [9.17, 15) is 4.79 Å². The summed E-state index contributed by atoms with van der Waals surface area (Å²) in [5.41, 5.74) is 0. The normalized spacial score (nSPS) is 32.6. The van der Waals surface area contributed by atoms with Crippen molar-refractivity contribution in [2.24, 2.45) is 5.92 Å². The van der Waals surface area contributed by atoms with E-state index in [-0.39, 0.29) is 24.9 Å². The first-order valence-electron chi connectivity index (χ1n) is 9.08. The monoisotopic (exact) mass is 345 g/mol. The van der Waals surface area contributed by atoms with Gasteiger partial charge in [-0.25, -0.2) is 0 Å². The van der Waals surface area contributed by atoms with E-state index in [0.29, 0.717) is 18.1 Å². The van der Waals surface area contributed by atoms with Crippen LogP contribution in [0.25, 0.3) is 0 Å². The highest BCUT2D eigenvalue weighted by Crippen LogP contribution is 2.26. The molecule has 134 valence electrons. The van der Waals surface area contributed by atoms with Gasteiger partial charge < -0.3 is 15.0 Å². The molecule has 3 atom stereocenters. The molecule has 3 rings (SSSR count). The Labute approximate surface area is 146 Å². The number of piperazine rings is 1. The first-order valence-corrected chi connectivity index (χ1v) is 9.08. The fraction of sp³-hybridized carbons (Fsp3) is 0.941. The van der Waals surface area contributed by atoms with Crippen molar-refractivity contribution in [2.75, 3.05) is 45.9 Å². The van der Waals surface area contributed by atoms with E-state index in [1.165, 1.54) is 19.3 Å². The summed E-state index contributed by atoms with van der Waals surface area (Å²) in [4.78, 5) is 16.9. The van der Waals surface area contributed by atoms with Gasteiger partial charge in [-0.15, -0.1) is 12.4 Å². The van der Waals surface area contributed by atoms with Crippen molar-refractivity contribution in [1.82, 2.24) is 15.1 Å². The molecule has 0 radical (unpaired) electrons. The van der Waals surface area contributed by atoms with Crippen molar-refractivity contribution in [3.05, 3.63) is 0 Å². The van der Waals surface area contributed by atoms with Crippen LogP contribution < -0.4 is 5.32 Å². The Hall–Kier alpha value is -0.360. The van der Waals surface area contributed by atoms with Crippen LogP contribution in [0.15, 0.2) is 0 Å². The van der Waals surface area contributed by atoms with E-state index in [0.717, 1.165) is 52.1 Å². The second kappa shape index (κ2) is 9.21. The number of carbonyl (C=O) groups is 1. The SMILES string of the molecule is CC1CCCCC1OCC(=O)N1CCC(N2CCNCC2)C1.Cl. The Bertz CT molecular complexity index is 377. The molecule has 0 aromatic rings. The molecule has 2 aliphatic heterocycles. The fourth-order valence-electron chi connectivity index (χ4n) is 4.11. The minimum atomic E-state index is 0. The lowest BCUT2D eigenvalue weighted by Gasteiger charge is -2.32. The predicted octanol–water partition coefficient (Wildman–Crippen LogP) is 1.51. The minimum Gasteiger partial charge on any atom is -0.368 e. The van der Waals surface area contributed by atoms with Gasteiger partial charge in [0.2, 0.25) is 5.91 Å². The molecule has 6 heteroatoms. The molecule has 1 aliphatic carbocycles. The molecule has 2 saturated heterocycles. The van der Waals surface area contributed by atoms with Crippen LogP contribution >= 0.6 is 12.4 Å². The Morgan fingerprint density at radius 3 is 2.61 bits per heavy atom. The lowest BCUT2D eigenvalue weighted by molar-refractivity contribution is -0.139. The Morgan fingerprint density at radius 2 is 1.87 bits per heavy atom. The van der Waals surface area contributed by atoms with Crippen LogP contribution in [0.1, 0.15) is 39.0 Å². The molecular weight excluding hydrogens is 314 g/mol. The van der Waals surface area contributed by atoms with Crippen LogP contribution in [0.4, 0.5) is 0 Å². The Kier molecular flexibility index (Phi) is 7.60. The summed E-state index contributed by atoms with van der Waals surface area (Å²) < 4.78 is 5.94. The zero-order valence-electron chi connectivity index (χ0n) is 14.3. The molecule has 3 unspecified atom stereocenters. The van der Waals surface area contributed by atoms with Crippen molar-refractivity contribution in [2.45, 2.75) is 51.2 Å². The van der Waals surface area contributed by atoms with E-state index in [4.69, 9.17) is 4.74 Å². The number of nitrogens with zero attached hydrogens (tertiary/aromatic N) is 2. The molecule has 5 nitrogen and oxygen atoms in total. The maximum Gasteiger partial charge on any atom is 0.248 e. The van der Waals surface area contributed by atoms with E-state index in [1.54, 1.807) is 0 Å². The molecule has 3 aliphatic rings. The third-order valence-electron chi connectivity index (χ3n) is 5.64. The molecule has 3 fully saturated rings. The molecule has 0 aromatic heterocycles. The first kappa shape index (κ1) is 19.0. The van der Waals surface area contributed by atoms with Gasteiger partial charge in [0.05, 0.1) is 6.10 Å². The highest BCUT2D eigenvalue weighted by molar-refractivity contribution is 5.85. The molecule has 1 N–H and O–H groups in total. The lowest BCUT2D eigenvalue weighted by Crippen LogP contribution is -2.49. The van der Waals surface area contributed by atoms with Gasteiger partial charge in [-0.3, -0.25) is 9.69 Å². The molecular formula is C17H32ClN3O2. The van der Waals surface area contributed by atoms with Crippen LogP contribution in [0.3, 0.4) is 0 Å². The molecule has 0 aromatic carbocycles. The molecule has 1 saturated carbocycles. The van der Waals surface area contributed by atoms with Gasteiger partial charge in [0, 0.05) is 45.3 Å². The third-order valence-corrected chi connectivity index (χ3v) is 5.64. The van der Waals surface area contributed by atoms with Crippen LogP contribution in [-0.2, 0) is 9.53 Å². The summed E-state index contributed by atoms with van der Waals surface area (Å²) in [6.45, 7) is 8.71. The second-order valence-corrected chi connectivity index (χ2v) is 7.18. The standard InChI is InChI=1S/C17H31N3O2.ClH/c1-14-4-2-3-5-16(14)22-13-17(21)20-9-6-15(12-20)19-10-7-18-8-11-19;/h14-16,18H,2-13H2,1H3;1H. The number of halogens is 1. The largest absolute Gasteiger partial charge is 0.368 e. The first-order chi connectivity index (χ1) is 10.7. The molecule has 0 spiro atoms. The molecule has 1 amide bonds. The summed E-state index contributed by atoms with van der Waals surface area (Å²) in [5, 5.41) is 3.39. The van der Waals surface area contributed by atoms with Crippen LogP contribution in [0.2, 0.25) is 0 Å². The van der Waals surface area contributed by atoms with Gasteiger partial charge >= 0.3 is 0 Å². The second-order valence-electron chi connectivity index (χ2n) is 7.18. The average Bonchev–Trinajstić information content (AvgIpc) is 3.05. The smallest absolute Gasteiger partial charge is 0.248 e. The highest BCUT2D eigenvalue weighted by atomic mass is 35.5. The van der Waals surface area contributed by atoms with Crippen LogP contribution in [0.5, 0.6) is 0 Å². The van der Waals surface area contributed by atoms with Gasteiger partial charge in [-0.1, -0.05) is 19.8 Å². The number of likely N-dealkylation sites (tertiary alicyclic amines) is 1. The maximum absolute atomic E-state index is 12.4. The zero-order valence-corrected chi connectivity index (χ0v) is 15.2. The summed E-state index contributed by atoms with van der Waals surface area (Å²) in [6.07, 6.45) is 6.34. The van der Waals surface area contributed by atoms with E-state index in [1.807, 2.05) is 4.90 Å². The number of hydrogen-bond donors (Lipinski definition) is 1.